The summed E-state index contributed by atoms with van der Waals surface area (Å²) in [5.74, 6) is 0.759. The number of hydrogen-bond donors (Lipinski definition) is 1. The van der Waals surface area contributed by atoms with Gasteiger partial charge in [-0.25, -0.2) is 4.68 Å². The Morgan fingerprint density at radius 3 is 2.79 bits per heavy atom. The molecule has 2 aromatic rings. The van der Waals surface area contributed by atoms with Crippen LogP contribution < -0.4 is 10.1 Å². The molecule has 1 saturated heterocycles. The molecular weight excluding hydrogens is 352 g/mol. The van der Waals surface area contributed by atoms with Crippen LogP contribution in [0.1, 0.15) is 35.1 Å². The number of nitrogens with one attached hydrogen (secondary N) is 1. The summed E-state index contributed by atoms with van der Waals surface area (Å²) in [7, 11) is 1.65. The van der Waals surface area contributed by atoms with Gasteiger partial charge in [-0.2, -0.15) is 5.10 Å². The van der Waals surface area contributed by atoms with Crippen molar-refractivity contribution in [3.05, 3.63) is 66.0 Å². The molecule has 0 saturated carbocycles. The smallest absolute Gasteiger partial charge is 0.274 e. The van der Waals surface area contributed by atoms with Crippen LogP contribution in [0, 0.1) is 0 Å². The molecule has 148 valence electrons. The number of nitrogens with zero attached hydrogens (tertiary/aromatic N) is 3. The van der Waals surface area contributed by atoms with Crippen LogP contribution in [0.3, 0.4) is 0 Å². The Morgan fingerprint density at radius 1 is 1.32 bits per heavy atom. The molecule has 6 nitrogen and oxygen atoms in total. The van der Waals surface area contributed by atoms with E-state index >= 15 is 0 Å². The number of ether oxygens (including phenoxy) is 1. The summed E-state index contributed by atoms with van der Waals surface area (Å²) in [5.41, 5.74) is 3.33. The summed E-state index contributed by atoms with van der Waals surface area (Å²) >= 11 is 0. The lowest BCUT2D eigenvalue weighted by Gasteiger charge is -2.26. The van der Waals surface area contributed by atoms with Crippen molar-refractivity contribution in [3.8, 4) is 5.75 Å². The molecule has 0 aliphatic carbocycles. The van der Waals surface area contributed by atoms with Crippen molar-refractivity contribution in [2.45, 2.75) is 19.8 Å². The van der Waals surface area contributed by atoms with Gasteiger partial charge in [0.15, 0.2) is 5.69 Å². The lowest BCUT2D eigenvalue weighted by Crippen LogP contribution is -2.46. The van der Waals surface area contributed by atoms with E-state index in [0.717, 1.165) is 48.6 Å². The van der Waals surface area contributed by atoms with Gasteiger partial charge < -0.3 is 15.0 Å². The molecule has 1 aromatic heterocycles. The van der Waals surface area contributed by atoms with Gasteiger partial charge in [-0.15, -0.1) is 0 Å². The van der Waals surface area contributed by atoms with Crippen molar-refractivity contribution >= 4 is 11.6 Å². The molecule has 28 heavy (non-hydrogen) atoms. The van der Waals surface area contributed by atoms with Crippen LogP contribution in [0.5, 0.6) is 5.75 Å². The fraction of sp³-hybridized carbons (Fsp3) is 0.364. The second-order valence-corrected chi connectivity index (χ2v) is 6.74. The Hall–Kier alpha value is -2.86. The highest BCUT2D eigenvalue weighted by Crippen LogP contribution is 2.24. The molecule has 1 aromatic carbocycles. The van der Waals surface area contributed by atoms with Crippen LogP contribution in [-0.4, -0.2) is 53.9 Å². The second-order valence-electron chi connectivity index (χ2n) is 6.74. The predicted octanol–water partition coefficient (Wildman–Crippen LogP) is 2.96. The number of methoxy groups -OCH3 is 1. The maximum Gasteiger partial charge on any atom is 0.274 e. The molecule has 1 fully saturated rings. The summed E-state index contributed by atoms with van der Waals surface area (Å²) in [5, 5.41) is 7.98. The van der Waals surface area contributed by atoms with Crippen LogP contribution >= 0.6 is 0 Å². The van der Waals surface area contributed by atoms with Crippen molar-refractivity contribution in [3.63, 3.8) is 0 Å². The van der Waals surface area contributed by atoms with E-state index in [1.807, 2.05) is 46.0 Å². The summed E-state index contributed by atoms with van der Waals surface area (Å²) in [6, 6.07) is 9.74. The molecule has 3 rings (SSSR count). The third-order valence-electron chi connectivity index (χ3n) is 4.78. The highest BCUT2D eigenvalue weighted by atomic mass is 16.5. The average Bonchev–Trinajstić information content (AvgIpc) is 3.16. The fourth-order valence-electron chi connectivity index (χ4n) is 3.38. The monoisotopic (exact) mass is 380 g/mol. The zero-order chi connectivity index (χ0) is 19.9. The summed E-state index contributed by atoms with van der Waals surface area (Å²) < 4.78 is 7.24. The van der Waals surface area contributed by atoms with Gasteiger partial charge >= 0.3 is 0 Å². The van der Waals surface area contributed by atoms with Crippen molar-refractivity contribution in [2.24, 2.45) is 0 Å². The predicted molar refractivity (Wildman–Crippen MR) is 112 cm³/mol. The minimum Gasteiger partial charge on any atom is -0.497 e. The Bertz CT molecular complexity index is 863. The molecule has 1 aliphatic heterocycles. The number of rotatable bonds is 7. The quantitative estimate of drug-likeness (QED) is 0.751. The highest BCUT2D eigenvalue weighted by molar-refractivity contribution is 5.92. The maximum atomic E-state index is 12.9. The third-order valence-corrected chi connectivity index (χ3v) is 4.78. The van der Waals surface area contributed by atoms with Gasteiger partial charge in [0.1, 0.15) is 5.75 Å². The molecular formula is C22H28N4O2. The van der Waals surface area contributed by atoms with Crippen LogP contribution in [0.2, 0.25) is 0 Å². The van der Waals surface area contributed by atoms with E-state index in [1.165, 1.54) is 0 Å². The van der Waals surface area contributed by atoms with Crippen molar-refractivity contribution in [1.82, 2.24) is 20.0 Å². The Kier molecular flexibility index (Phi) is 6.66. The zero-order valence-corrected chi connectivity index (χ0v) is 16.6. The van der Waals surface area contributed by atoms with Gasteiger partial charge in [-0.05, 0) is 30.7 Å². The van der Waals surface area contributed by atoms with E-state index in [4.69, 9.17) is 9.84 Å². The standard InChI is InChI=1S/C22H28N4O2/c1-4-7-18-16-20(22(27)25-13-11-23-12-14-25)24-26(18)21(8-5-2)17-9-6-10-19(15-17)28-3/h5-6,8-10,15-16,23H,2,4,7,11-14H2,1,3H3/b21-8-. The largest absolute Gasteiger partial charge is 0.497 e. The van der Waals surface area contributed by atoms with Crippen molar-refractivity contribution < 1.29 is 9.53 Å². The number of carbonyl (C=O) groups excluding carboxylic acids is 1. The second kappa shape index (κ2) is 9.37. The summed E-state index contributed by atoms with van der Waals surface area (Å²) in [4.78, 5) is 14.8. The third kappa shape index (κ3) is 4.34. The van der Waals surface area contributed by atoms with Crippen molar-refractivity contribution in [1.29, 1.82) is 0 Å². The number of carbonyl (C=O) groups is 1. The molecule has 6 heteroatoms. The number of hydrogen-bond acceptors (Lipinski definition) is 4. The first kappa shape index (κ1) is 19.9. The number of aromatic nitrogens is 2. The highest BCUT2D eigenvalue weighted by Gasteiger charge is 2.23. The van der Waals surface area contributed by atoms with Crippen LogP contribution in [-0.2, 0) is 6.42 Å². The lowest BCUT2D eigenvalue weighted by molar-refractivity contribution is 0.0729. The van der Waals surface area contributed by atoms with Crippen LogP contribution in [0.4, 0.5) is 0 Å². The number of allylic oxidation sites excluding steroid dienone is 2. The molecule has 0 radical (unpaired) electrons. The molecule has 0 unspecified atom stereocenters. The first-order valence-corrected chi connectivity index (χ1v) is 9.74. The molecule has 1 aliphatic rings. The van der Waals surface area contributed by atoms with E-state index in [0.29, 0.717) is 18.8 Å². The molecule has 1 amide bonds. The molecule has 1 N–H and O–H groups in total. The van der Waals surface area contributed by atoms with E-state index in [9.17, 15) is 4.79 Å². The normalized spacial score (nSPS) is 14.8. The molecule has 0 atom stereocenters. The number of piperazine rings is 1. The SMILES string of the molecule is C=C/C=C(/c1cccc(OC)c1)n1nc(C(=O)N2CCNCC2)cc1CCC. The summed E-state index contributed by atoms with van der Waals surface area (Å²) in [6.45, 7) is 9.03. The number of benzene rings is 1. The minimum atomic E-state index is -0.0128. The van der Waals surface area contributed by atoms with Crippen LogP contribution in [0.25, 0.3) is 5.70 Å². The van der Waals surface area contributed by atoms with Gasteiger partial charge in [0.25, 0.3) is 5.91 Å². The zero-order valence-electron chi connectivity index (χ0n) is 16.6. The number of amides is 1. The Labute approximate surface area is 166 Å². The Balaban J connectivity index is 2.01. The molecule has 2 heterocycles. The lowest BCUT2D eigenvalue weighted by atomic mass is 10.1. The Morgan fingerprint density at radius 2 is 2.11 bits per heavy atom. The van der Waals surface area contributed by atoms with Crippen LogP contribution in [0.15, 0.2) is 49.1 Å². The topological polar surface area (TPSA) is 59.4 Å². The fourth-order valence-corrected chi connectivity index (χ4v) is 3.38. The van der Waals surface area contributed by atoms with E-state index in [2.05, 4.69) is 18.8 Å². The maximum absolute atomic E-state index is 12.9. The van der Waals surface area contributed by atoms with E-state index in [1.54, 1.807) is 13.2 Å². The van der Waals surface area contributed by atoms with Gasteiger partial charge in [-0.3, -0.25) is 4.79 Å². The molecule has 0 spiro atoms. The average molecular weight is 380 g/mol. The van der Waals surface area contributed by atoms with E-state index in [-0.39, 0.29) is 5.91 Å². The van der Waals surface area contributed by atoms with Gasteiger partial charge in [0.2, 0.25) is 0 Å². The first-order valence-electron chi connectivity index (χ1n) is 9.74. The summed E-state index contributed by atoms with van der Waals surface area (Å²) in [6.07, 6.45) is 5.46. The number of aryl methyl sites for hydroxylation is 1. The minimum absolute atomic E-state index is 0.0128. The molecule has 0 bridgehead atoms. The van der Waals surface area contributed by atoms with E-state index < -0.39 is 0 Å². The van der Waals surface area contributed by atoms with Gasteiger partial charge in [0.05, 0.1) is 12.8 Å². The van der Waals surface area contributed by atoms with Gasteiger partial charge in [-0.1, -0.05) is 38.1 Å². The van der Waals surface area contributed by atoms with Crippen molar-refractivity contribution in [2.75, 3.05) is 33.3 Å². The first-order chi connectivity index (χ1) is 13.7. The van der Waals surface area contributed by atoms with Gasteiger partial charge in [0, 0.05) is 37.4 Å².